The quantitative estimate of drug-likeness (QED) is 0.630. The predicted octanol–water partition coefficient (Wildman–Crippen LogP) is 3.50. The number of aldehydes is 1. The Morgan fingerprint density at radius 3 is 2.85 bits per heavy atom. The number of hydrogen-bond acceptors (Lipinski definition) is 6. The van der Waals surface area contributed by atoms with E-state index in [1.807, 2.05) is 36.5 Å². The molecule has 0 bridgehead atoms. The Morgan fingerprint density at radius 1 is 1.19 bits per heavy atom. The zero-order valence-corrected chi connectivity index (χ0v) is 14.8. The van der Waals surface area contributed by atoms with Crippen LogP contribution in [-0.2, 0) is 6.61 Å². The molecule has 6 nitrogen and oxygen atoms in total. The van der Waals surface area contributed by atoms with Crippen LogP contribution in [0.4, 0.5) is 0 Å². The van der Waals surface area contributed by atoms with Gasteiger partial charge in [0, 0.05) is 35.0 Å². The van der Waals surface area contributed by atoms with Crippen molar-refractivity contribution in [3.63, 3.8) is 0 Å². The lowest BCUT2D eigenvalue weighted by Crippen LogP contribution is -2.06. The summed E-state index contributed by atoms with van der Waals surface area (Å²) in [6.07, 6.45) is 7.84. The highest BCUT2D eigenvalue weighted by molar-refractivity contribution is 5.94. The minimum absolute atomic E-state index is 0.260. The normalized spacial score (nSPS) is 12.9. The smallest absolute Gasteiger partial charge is 0.213 e. The molecular weight excluding hydrogens is 342 g/mol. The zero-order valence-electron chi connectivity index (χ0n) is 14.8. The van der Waals surface area contributed by atoms with Gasteiger partial charge in [0.2, 0.25) is 5.88 Å². The van der Waals surface area contributed by atoms with E-state index < -0.39 is 0 Å². The van der Waals surface area contributed by atoms with Gasteiger partial charge in [-0.25, -0.2) is 4.98 Å². The molecule has 3 aromatic rings. The average molecular weight is 359 g/mol. The highest BCUT2D eigenvalue weighted by atomic mass is 16.5. The second-order valence-electron chi connectivity index (χ2n) is 6.03. The first-order valence-electron chi connectivity index (χ1n) is 8.48. The lowest BCUT2D eigenvalue weighted by atomic mass is 10.0. The van der Waals surface area contributed by atoms with Crippen LogP contribution in [0.25, 0.3) is 16.3 Å². The third-order valence-electron chi connectivity index (χ3n) is 4.43. The molecule has 1 aromatic carbocycles. The molecule has 27 heavy (non-hydrogen) atoms. The summed E-state index contributed by atoms with van der Waals surface area (Å²) in [6, 6.07) is 9.58. The van der Waals surface area contributed by atoms with Gasteiger partial charge in [0.15, 0.2) is 6.29 Å². The van der Waals surface area contributed by atoms with Crippen LogP contribution in [0.15, 0.2) is 53.8 Å². The van der Waals surface area contributed by atoms with E-state index in [1.54, 1.807) is 12.3 Å². The predicted molar refractivity (Wildman–Crippen MR) is 104 cm³/mol. The number of pyridine rings is 2. The monoisotopic (exact) mass is 359 g/mol. The second-order valence-corrected chi connectivity index (χ2v) is 6.03. The molecule has 2 aromatic heterocycles. The van der Waals surface area contributed by atoms with E-state index >= 15 is 0 Å². The maximum absolute atomic E-state index is 11.4. The third-order valence-corrected chi connectivity index (χ3v) is 4.43. The number of ether oxygens (including phenoxy) is 2. The Kier molecular flexibility index (Phi) is 4.61. The first-order chi connectivity index (χ1) is 13.3. The van der Waals surface area contributed by atoms with E-state index in [0.717, 1.165) is 33.9 Å². The van der Waals surface area contributed by atoms with Crippen molar-refractivity contribution in [2.24, 2.45) is 4.99 Å². The highest BCUT2D eigenvalue weighted by Gasteiger charge is 2.16. The van der Waals surface area contributed by atoms with Gasteiger partial charge in [0.25, 0.3) is 0 Å². The first kappa shape index (κ1) is 16.9. The van der Waals surface area contributed by atoms with Crippen molar-refractivity contribution in [1.29, 1.82) is 0 Å². The van der Waals surface area contributed by atoms with E-state index in [9.17, 15) is 4.79 Å². The zero-order chi connectivity index (χ0) is 18.6. The van der Waals surface area contributed by atoms with E-state index in [1.165, 1.54) is 13.3 Å². The Balaban J connectivity index is 1.73. The van der Waals surface area contributed by atoms with Gasteiger partial charge in [-0.3, -0.25) is 14.8 Å². The molecule has 4 rings (SSSR count). The molecule has 0 saturated heterocycles. The number of allylic oxidation sites excluding steroid dienone is 1. The molecule has 0 saturated carbocycles. The molecule has 0 spiro atoms. The molecule has 3 heterocycles. The van der Waals surface area contributed by atoms with Crippen LogP contribution in [0, 0.1) is 0 Å². The number of aliphatic imine (C=N–C) groups is 1. The Hall–Kier alpha value is -3.54. The van der Waals surface area contributed by atoms with Crippen molar-refractivity contribution in [1.82, 2.24) is 9.97 Å². The molecule has 0 unspecified atom stereocenters. The molecule has 0 atom stereocenters. The van der Waals surface area contributed by atoms with Crippen molar-refractivity contribution in [2.45, 2.75) is 6.61 Å². The third kappa shape index (κ3) is 3.29. The van der Waals surface area contributed by atoms with Crippen molar-refractivity contribution in [3.8, 4) is 11.6 Å². The van der Waals surface area contributed by atoms with Gasteiger partial charge < -0.3 is 9.47 Å². The number of methoxy groups -OCH3 is 1. The average Bonchev–Trinajstić information content (AvgIpc) is 3.26. The van der Waals surface area contributed by atoms with Gasteiger partial charge in [-0.2, -0.15) is 0 Å². The summed E-state index contributed by atoms with van der Waals surface area (Å²) in [6.45, 7) is 0.859. The largest absolute Gasteiger partial charge is 0.486 e. The number of fused-ring (bicyclic) bond motifs is 1. The van der Waals surface area contributed by atoms with Gasteiger partial charge in [-0.1, -0.05) is 24.3 Å². The van der Waals surface area contributed by atoms with Crippen LogP contribution in [-0.4, -0.2) is 36.1 Å². The number of hydrogen-bond donors (Lipinski definition) is 0. The maximum Gasteiger partial charge on any atom is 0.213 e. The van der Waals surface area contributed by atoms with Crippen LogP contribution in [0.5, 0.6) is 11.6 Å². The van der Waals surface area contributed by atoms with Gasteiger partial charge in [0.1, 0.15) is 12.4 Å². The maximum atomic E-state index is 11.4. The molecule has 1 aliphatic heterocycles. The number of carbonyl (C=O) groups is 1. The minimum atomic E-state index is 0.260. The second kappa shape index (κ2) is 7.37. The van der Waals surface area contributed by atoms with E-state index in [-0.39, 0.29) is 6.61 Å². The summed E-state index contributed by atoms with van der Waals surface area (Å²) >= 11 is 0. The topological polar surface area (TPSA) is 73.7 Å². The van der Waals surface area contributed by atoms with E-state index in [0.29, 0.717) is 23.7 Å². The number of carbonyl (C=O) groups excluding carboxylic acids is 1. The molecule has 0 aliphatic carbocycles. The van der Waals surface area contributed by atoms with Crippen LogP contribution in [0.3, 0.4) is 0 Å². The van der Waals surface area contributed by atoms with Crippen LogP contribution >= 0.6 is 0 Å². The number of aromatic nitrogens is 2. The fourth-order valence-corrected chi connectivity index (χ4v) is 3.06. The first-order valence-corrected chi connectivity index (χ1v) is 8.48. The molecule has 1 aliphatic rings. The summed E-state index contributed by atoms with van der Waals surface area (Å²) < 4.78 is 11.0. The highest BCUT2D eigenvalue weighted by Crippen LogP contribution is 2.29. The van der Waals surface area contributed by atoms with Crippen molar-refractivity contribution in [3.05, 3.63) is 65.6 Å². The fourth-order valence-electron chi connectivity index (χ4n) is 3.06. The van der Waals surface area contributed by atoms with Gasteiger partial charge in [-0.05, 0) is 11.5 Å². The Morgan fingerprint density at radius 2 is 2.07 bits per heavy atom. The molecule has 134 valence electrons. The molecule has 6 heteroatoms. The Bertz CT molecular complexity index is 1070. The molecule has 0 radical (unpaired) electrons. The molecule has 0 N–H and O–H groups in total. The van der Waals surface area contributed by atoms with E-state index in [4.69, 9.17) is 9.47 Å². The summed E-state index contributed by atoms with van der Waals surface area (Å²) in [7, 11) is 1.50. The Labute approximate surface area is 156 Å². The van der Waals surface area contributed by atoms with Gasteiger partial charge in [-0.15, -0.1) is 0 Å². The minimum Gasteiger partial charge on any atom is -0.486 e. The number of benzene rings is 1. The molecular formula is C21H17N3O3. The van der Waals surface area contributed by atoms with E-state index in [2.05, 4.69) is 15.0 Å². The van der Waals surface area contributed by atoms with Crippen LogP contribution in [0.1, 0.15) is 21.6 Å². The number of nitrogens with zero attached hydrogens (tertiary/aromatic N) is 3. The van der Waals surface area contributed by atoms with Crippen molar-refractivity contribution < 1.29 is 14.3 Å². The van der Waals surface area contributed by atoms with Crippen LogP contribution < -0.4 is 9.47 Å². The fraction of sp³-hybridized carbons (Fsp3) is 0.143. The van der Waals surface area contributed by atoms with Gasteiger partial charge in [0.05, 0.1) is 31.1 Å². The SMILES string of the molecule is COc1cc(C=O)c(OCc2c(C3=CC=NC3)ncc3ccccc23)cn1. The molecule has 0 fully saturated rings. The number of rotatable bonds is 6. The molecule has 0 amide bonds. The lowest BCUT2D eigenvalue weighted by Gasteiger charge is -2.15. The summed E-state index contributed by atoms with van der Waals surface area (Å²) in [4.78, 5) is 24.4. The van der Waals surface area contributed by atoms with Crippen LogP contribution in [0.2, 0.25) is 0 Å². The van der Waals surface area contributed by atoms with Crippen molar-refractivity contribution in [2.75, 3.05) is 13.7 Å². The van der Waals surface area contributed by atoms with Crippen molar-refractivity contribution >= 4 is 28.8 Å². The summed E-state index contributed by atoms with van der Waals surface area (Å²) in [5.41, 5.74) is 3.25. The summed E-state index contributed by atoms with van der Waals surface area (Å²) in [5.74, 6) is 0.770. The summed E-state index contributed by atoms with van der Waals surface area (Å²) in [5, 5.41) is 2.09. The van der Waals surface area contributed by atoms with Gasteiger partial charge >= 0.3 is 0 Å². The lowest BCUT2D eigenvalue weighted by molar-refractivity contribution is 0.111. The standard InChI is InChI=1S/C21H17N3O3/c1-26-20-8-16(12-25)19(11-23-20)27-13-18-17-5-3-2-4-14(17)10-24-21(18)15-6-7-22-9-15/h2-8,10-12H,9,13H2,1H3.